The summed E-state index contributed by atoms with van der Waals surface area (Å²) >= 11 is 11.6. The number of hydrogen-bond acceptors (Lipinski definition) is 3. The predicted molar refractivity (Wildman–Crippen MR) is 69.1 cm³/mol. The van der Waals surface area contributed by atoms with Gasteiger partial charge < -0.3 is 10.4 Å². The van der Waals surface area contributed by atoms with E-state index >= 15 is 0 Å². The van der Waals surface area contributed by atoms with Crippen molar-refractivity contribution in [1.82, 2.24) is 5.32 Å². The van der Waals surface area contributed by atoms with E-state index in [0.29, 0.717) is 17.1 Å². The molecule has 3 nitrogen and oxygen atoms in total. The van der Waals surface area contributed by atoms with Crippen LogP contribution in [0.15, 0.2) is 17.1 Å². The summed E-state index contributed by atoms with van der Waals surface area (Å²) in [7, 11) is 1.90. The van der Waals surface area contributed by atoms with Gasteiger partial charge in [0.15, 0.2) is 0 Å². The molecule has 0 aliphatic heterocycles. The fourth-order valence-corrected chi connectivity index (χ4v) is 1.70. The monoisotopic (exact) mass is 260 g/mol. The molecule has 0 aromatic heterocycles. The van der Waals surface area contributed by atoms with Gasteiger partial charge >= 0.3 is 0 Å². The second-order valence-corrected chi connectivity index (χ2v) is 4.16. The first kappa shape index (κ1) is 13.3. The number of rotatable bonds is 5. The highest BCUT2D eigenvalue weighted by atomic mass is 35.5. The molecule has 0 spiro atoms. The van der Waals surface area contributed by atoms with E-state index < -0.39 is 0 Å². The van der Waals surface area contributed by atoms with Gasteiger partial charge in [-0.25, -0.2) is 0 Å². The highest BCUT2D eigenvalue weighted by Gasteiger charge is 2.05. The van der Waals surface area contributed by atoms with Crippen molar-refractivity contribution in [3.8, 4) is 5.75 Å². The molecule has 0 amide bonds. The van der Waals surface area contributed by atoms with Gasteiger partial charge in [-0.2, -0.15) is 0 Å². The Balaban J connectivity index is 2.66. The van der Waals surface area contributed by atoms with Gasteiger partial charge in [-0.1, -0.05) is 23.2 Å². The molecule has 0 heterocycles. The minimum Gasteiger partial charge on any atom is -0.506 e. The van der Waals surface area contributed by atoms with Crippen LogP contribution in [0.1, 0.15) is 12.0 Å². The van der Waals surface area contributed by atoms with Crippen LogP contribution in [0, 0.1) is 0 Å². The third-order valence-corrected chi connectivity index (χ3v) is 2.51. The van der Waals surface area contributed by atoms with Gasteiger partial charge in [0.1, 0.15) is 5.75 Å². The molecule has 0 atom stereocenters. The summed E-state index contributed by atoms with van der Waals surface area (Å²) in [6.07, 6.45) is 2.53. The fourth-order valence-electron chi connectivity index (χ4n) is 1.19. The van der Waals surface area contributed by atoms with Crippen molar-refractivity contribution in [2.45, 2.75) is 6.42 Å². The zero-order chi connectivity index (χ0) is 12.0. The average molecular weight is 261 g/mol. The second kappa shape index (κ2) is 6.74. The Morgan fingerprint density at radius 3 is 2.88 bits per heavy atom. The molecule has 0 unspecified atom stereocenters. The van der Waals surface area contributed by atoms with E-state index in [1.165, 1.54) is 6.07 Å². The first-order valence-corrected chi connectivity index (χ1v) is 5.73. The molecule has 0 saturated heterocycles. The van der Waals surface area contributed by atoms with Crippen LogP contribution >= 0.6 is 23.2 Å². The van der Waals surface area contributed by atoms with Gasteiger partial charge in [0, 0.05) is 23.3 Å². The van der Waals surface area contributed by atoms with Crippen molar-refractivity contribution in [1.29, 1.82) is 0 Å². The van der Waals surface area contributed by atoms with Gasteiger partial charge in [-0.3, -0.25) is 4.99 Å². The second-order valence-electron chi connectivity index (χ2n) is 3.32. The van der Waals surface area contributed by atoms with Crippen LogP contribution in [0.3, 0.4) is 0 Å². The molecule has 1 aromatic carbocycles. The summed E-state index contributed by atoms with van der Waals surface area (Å²) < 4.78 is 0. The first-order valence-electron chi connectivity index (χ1n) is 4.97. The largest absolute Gasteiger partial charge is 0.506 e. The number of phenols is 1. The lowest BCUT2D eigenvalue weighted by molar-refractivity contribution is 0.474. The molecule has 0 bridgehead atoms. The summed E-state index contributed by atoms with van der Waals surface area (Å²) in [5.74, 6) is 0.0171. The highest BCUT2D eigenvalue weighted by Crippen LogP contribution is 2.29. The zero-order valence-corrected chi connectivity index (χ0v) is 10.5. The van der Waals surface area contributed by atoms with E-state index in [-0.39, 0.29) is 10.8 Å². The molecule has 0 saturated carbocycles. The van der Waals surface area contributed by atoms with Crippen LogP contribution in [0.2, 0.25) is 10.0 Å². The Kier molecular flexibility index (Phi) is 5.60. The van der Waals surface area contributed by atoms with Gasteiger partial charge in [0.05, 0.1) is 5.02 Å². The summed E-state index contributed by atoms with van der Waals surface area (Å²) in [6.45, 7) is 1.62. The standard InChI is InChI=1S/C11H14Cl2N2O/c1-14-3-2-4-15-7-8-5-9(12)6-10(13)11(8)16/h5-7,14,16H,2-4H2,1H3/b15-7+. The van der Waals surface area contributed by atoms with Crippen LogP contribution in [-0.4, -0.2) is 31.5 Å². The Bertz CT molecular complexity index is 380. The van der Waals surface area contributed by atoms with Gasteiger partial charge in [-0.15, -0.1) is 0 Å². The van der Waals surface area contributed by atoms with Gasteiger partial charge in [-0.05, 0) is 32.1 Å². The maximum absolute atomic E-state index is 9.63. The number of hydrogen-bond donors (Lipinski definition) is 2. The maximum atomic E-state index is 9.63. The number of phenolic OH excluding ortho intramolecular Hbond substituents is 1. The zero-order valence-electron chi connectivity index (χ0n) is 9.00. The number of benzene rings is 1. The number of halogens is 2. The van der Waals surface area contributed by atoms with Crippen molar-refractivity contribution in [2.75, 3.05) is 20.1 Å². The van der Waals surface area contributed by atoms with E-state index in [1.54, 1.807) is 12.3 Å². The molecule has 0 fully saturated rings. The fraction of sp³-hybridized carbons (Fsp3) is 0.364. The molecular formula is C11H14Cl2N2O. The quantitative estimate of drug-likeness (QED) is 0.632. The van der Waals surface area contributed by atoms with Crippen molar-refractivity contribution in [3.63, 3.8) is 0 Å². The van der Waals surface area contributed by atoms with Crippen molar-refractivity contribution >= 4 is 29.4 Å². The predicted octanol–water partition coefficient (Wildman–Crippen LogP) is 2.73. The van der Waals surface area contributed by atoms with Gasteiger partial charge in [0.2, 0.25) is 0 Å². The smallest absolute Gasteiger partial charge is 0.143 e. The van der Waals surface area contributed by atoms with E-state index in [0.717, 1.165) is 13.0 Å². The minimum absolute atomic E-state index is 0.0171. The van der Waals surface area contributed by atoms with Gasteiger partial charge in [0.25, 0.3) is 0 Å². The lowest BCUT2D eigenvalue weighted by Crippen LogP contribution is -2.08. The highest BCUT2D eigenvalue weighted by molar-refractivity contribution is 6.36. The van der Waals surface area contributed by atoms with E-state index in [4.69, 9.17) is 23.2 Å². The molecule has 2 N–H and O–H groups in total. The molecule has 0 radical (unpaired) electrons. The molecule has 0 aliphatic rings. The Labute approximate surface area is 105 Å². The van der Waals surface area contributed by atoms with Crippen molar-refractivity contribution in [2.24, 2.45) is 4.99 Å². The van der Waals surface area contributed by atoms with Crippen LogP contribution in [0.25, 0.3) is 0 Å². The molecule has 88 valence electrons. The topological polar surface area (TPSA) is 44.6 Å². The Hall–Kier alpha value is -0.770. The van der Waals surface area contributed by atoms with E-state index in [9.17, 15) is 5.11 Å². The van der Waals surface area contributed by atoms with E-state index in [2.05, 4.69) is 10.3 Å². The maximum Gasteiger partial charge on any atom is 0.143 e. The molecule has 5 heteroatoms. The Morgan fingerprint density at radius 1 is 1.44 bits per heavy atom. The Morgan fingerprint density at radius 2 is 2.19 bits per heavy atom. The van der Waals surface area contributed by atoms with Crippen LogP contribution in [0.4, 0.5) is 0 Å². The third kappa shape index (κ3) is 4.00. The van der Waals surface area contributed by atoms with Crippen molar-refractivity contribution < 1.29 is 5.11 Å². The SMILES string of the molecule is CNCCC/N=C/c1cc(Cl)cc(Cl)c1O. The minimum atomic E-state index is 0.0171. The lowest BCUT2D eigenvalue weighted by Gasteiger charge is -2.02. The number of nitrogens with one attached hydrogen (secondary N) is 1. The number of aromatic hydroxyl groups is 1. The van der Waals surface area contributed by atoms with Crippen LogP contribution < -0.4 is 5.32 Å². The average Bonchev–Trinajstić information content (AvgIpc) is 2.24. The lowest BCUT2D eigenvalue weighted by atomic mass is 10.2. The van der Waals surface area contributed by atoms with Crippen LogP contribution in [-0.2, 0) is 0 Å². The van der Waals surface area contributed by atoms with Crippen LogP contribution in [0.5, 0.6) is 5.75 Å². The molecule has 1 rings (SSSR count). The number of nitrogens with zero attached hydrogens (tertiary/aromatic N) is 1. The van der Waals surface area contributed by atoms with E-state index in [1.807, 2.05) is 7.05 Å². The molecular weight excluding hydrogens is 247 g/mol. The number of aliphatic imine (C=N–C) groups is 1. The normalized spacial score (nSPS) is 11.2. The summed E-state index contributed by atoms with van der Waals surface area (Å²) in [6, 6.07) is 3.13. The molecule has 16 heavy (non-hydrogen) atoms. The molecule has 1 aromatic rings. The summed E-state index contributed by atoms with van der Waals surface area (Å²) in [5.41, 5.74) is 0.543. The summed E-state index contributed by atoms with van der Waals surface area (Å²) in [4.78, 5) is 4.18. The first-order chi connectivity index (χ1) is 7.65. The van der Waals surface area contributed by atoms with Crippen molar-refractivity contribution in [3.05, 3.63) is 27.7 Å². The third-order valence-electron chi connectivity index (χ3n) is 2.00. The molecule has 0 aliphatic carbocycles. The summed E-state index contributed by atoms with van der Waals surface area (Å²) in [5, 5.41) is 13.4.